The number of unbranched alkanes of at least 4 members (excludes halogenated alkanes) is 13. The minimum Gasteiger partial charge on any atom is -0.466 e. The summed E-state index contributed by atoms with van der Waals surface area (Å²) in [5, 5.41) is 43.5. The van der Waals surface area contributed by atoms with E-state index in [2.05, 4.69) is 13.8 Å². The summed E-state index contributed by atoms with van der Waals surface area (Å²) in [6, 6.07) is 0. The second kappa shape index (κ2) is 26.5. The van der Waals surface area contributed by atoms with Gasteiger partial charge in [0.15, 0.2) is 6.29 Å². The smallest absolute Gasteiger partial charge is 0.305 e. The molecule has 0 amide bonds. The van der Waals surface area contributed by atoms with Crippen LogP contribution in [0.2, 0.25) is 0 Å². The summed E-state index contributed by atoms with van der Waals surface area (Å²) in [6.45, 7) is 4.36. The number of aliphatic hydroxyl groups excluding tert-OH is 5. The lowest BCUT2D eigenvalue weighted by atomic mass is 10.0. The van der Waals surface area contributed by atoms with Gasteiger partial charge in [0.05, 0.1) is 13.2 Å². The van der Waals surface area contributed by atoms with E-state index in [-0.39, 0.29) is 12.3 Å². The summed E-state index contributed by atoms with van der Waals surface area (Å²) >= 11 is 0. The number of carbonyl (C=O) groups excluding carboxylic acids is 2. The molecule has 5 N–H and O–H groups in total. The molecule has 0 radical (unpaired) electrons. The van der Waals surface area contributed by atoms with Gasteiger partial charge in [-0.1, -0.05) is 97.3 Å². The quantitative estimate of drug-likeness (QED) is 0.0878. The highest BCUT2D eigenvalue weighted by atomic mass is 16.5. The second-order valence-corrected chi connectivity index (χ2v) is 8.92. The fourth-order valence-electron chi connectivity index (χ4n) is 3.34. The first-order chi connectivity index (χ1) is 16.3. The van der Waals surface area contributed by atoms with Crippen LogP contribution in [0.1, 0.15) is 117 Å². The van der Waals surface area contributed by atoms with Gasteiger partial charge in [0.1, 0.15) is 24.4 Å². The van der Waals surface area contributed by atoms with Gasteiger partial charge in [0.2, 0.25) is 0 Å². The number of hydrogen-bond donors (Lipinski definition) is 5. The number of aliphatic hydroxyl groups is 5. The molecule has 0 rings (SSSR count). The van der Waals surface area contributed by atoms with Crippen molar-refractivity contribution in [3.63, 3.8) is 0 Å². The van der Waals surface area contributed by atoms with Gasteiger partial charge in [-0.05, 0) is 12.8 Å². The van der Waals surface area contributed by atoms with E-state index < -0.39 is 31.0 Å². The Kier molecular flexibility index (Phi) is 27.4. The standard InChI is InChI=1S/C20H40O2.C6H12O6/c1-3-5-7-9-11-13-15-17-19-22-20(21)18-16-14-12-10-8-6-4-2;7-1-3(9)5(11)6(12)4(10)2-8/h3-19H2,1-2H3;1,3-6,8-12H,2H2. The first-order valence-corrected chi connectivity index (χ1v) is 13.3. The Hall–Kier alpha value is -1.06. The maximum atomic E-state index is 11.6. The van der Waals surface area contributed by atoms with Crippen molar-refractivity contribution in [3.05, 3.63) is 0 Å². The summed E-state index contributed by atoms with van der Waals surface area (Å²) < 4.78 is 5.29. The highest BCUT2D eigenvalue weighted by molar-refractivity contribution is 5.69. The summed E-state index contributed by atoms with van der Waals surface area (Å²) in [5.74, 6) is 0.0107. The van der Waals surface area contributed by atoms with E-state index in [4.69, 9.17) is 30.3 Å². The second-order valence-electron chi connectivity index (χ2n) is 8.92. The zero-order chi connectivity index (χ0) is 26.0. The van der Waals surface area contributed by atoms with Crippen LogP contribution in [0.3, 0.4) is 0 Å². The van der Waals surface area contributed by atoms with Crippen molar-refractivity contribution in [2.45, 2.75) is 141 Å². The third kappa shape index (κ3) is 22.7. The third-order valence-electron chi connectivity index (χ3n) is 5.67. The van der Waals surface area contributed by atoms with Gasteiger partial charge < -0.3 is 35.1 Å². The maximum absolute atomic E-state index is 11.6. The van der Waals surface area contributed by atoms with Crippen LogP contribution in [0.25, 0.3) is 0 Å². The fourth-order valence-corrected chi connectivity index (χ4v) is 3.34. The van der Waals surface area contributed by atoms with Gasteiger partial charge in [0.25, 0.3) is 0 Å². The lowest BCUT2D eigenvalue weighted by molar-refractivity contribution is -0.143. The van der Waals surface area contributed by atoms with Crippen LogP contribution in [0.15, 0.2) is 0 Å². The number of hydrogen-bond acceptors (Lipinski definition) is 8. The lowest BCUT2D eigenvalue weighted by Crippen LogP contribution is -2.46. The van der Waals surface area contributed by atoms with Gasteiger partial charge >= 0.3 is 5.97 Å². The van der Waals surface area contributed by atoms with Crippen LogP contribution in [0, 0.1) is 0 Å². The minimum absolute atomic E-state index is 0.0107. The lowest BCUT2D eigenvalue weighted by Gasteiger charge is -2.22. The number of esters is 1. The average molecular weight is 493 g/mol. The van der Waals surface area contributed by atoms with E-state index in [1.807, 2.05) is 0 Å². The third-order valence-corrected chi connectivity index (χ3v) is 5.67. The molecule has 34 heavy (non-hydrogen) atoms. The van der Waals surface area contributed by atoms with E-state index in [0.717, 1.165) is 12.8 Å². The zero-order valence-electron chi connectivity index (χ0n) is 21.6. The molecule has 0 aromatic heterocycles. The van der Waals surface area contributed by atoms with Crippen LogP contribution >= 0.6 is 0 Å². The van der Waals surface area contributed by atoms with Gasteiger partial charge in [0, 0.05) is 6.42 Å². The van der Waals surface area contributed by atoms with Crippen molar-refractivity contribution < 1.29 is 39.9 Å². The Bertz CT molecular complexity index is 447. The molecule has 0 aromatic carbocycles. The normalized spacial score (nSPS) is 14.4. The SMILES string of the molecule is CCCCCCCCCCOC(=O)CCCCCCCCC.O=CC(O)C(O)C(O)C(O)CO. The molecule has 8 heteroatoms. The number of carbonyl (C=O) groups is 2. The first kappa shape index (κ1) is 35.1. The Labute approximate surface area is 206 Å². The minimum atomic E-state index is -1.79. The Morgan fingerprint density at radius 2 is 1.15 bits per heavy atom. The van der Waals surface area contributed by atoms with Crippen LogP contribution in [-0.4, -0.2) is 75.4 Å². The summed E-state index contributed by atoms with van der Waals surface area (Å²) in [7, 11) is 0. The van der Waals surface area contributed by atoms with Crippen LogP contribution in [0.4, 0.5) is 0 Å². The number of aldehydes is 1. The Balaban J connectivity index is 0. The molecule has 0 saturated carbocycles. The zero-order valence-corrected chi connectivity index (χ0v) is 21.6. The van der Waals surface area contributed by atoms with Crippen molar-refractivity contribution in [3.8, 4) is 0 Å². The highest BCUT2D eigenvalue weighted by Crippen LogP contribution is 2.10. The molecule has 0 saturated heterocycles. The van der Waals surface area contributed by atoms with Crippen molar-refractivity contribution in [2.24, 2.45) is 0 Å². The monoisotopic (exact) mass is 492 g/mol. The van der Waals surface area contributed by atoms with Gasteiger partial charge in [-0.25, -0.2) is 0 Å². The molecule has 0 aliphatic carbocycles. The molecule has 4 atom stereocenters. The molecule has 0 heterocycles. The van der Waals surface area contributed by atoms with Crippen molar-refractivity contribution in [1.82, 2.24) is 0 Å². The van der Waals surface area contributed by atoms with Gasteiger partial charge in [-0.2, -0.15) is 0 Å². The van der Waals surface area contributed by atoms with Crippen LogP contribution < -0.4 is 0 Å². The van der Waals surface area contributed by atoms with Crippen molar-refractivity contribution in [2.75, 3.05) is 13.2 Å². The Morgan fingerprint density at radius 1 is 0.706 bits per heavy atom. The molecule has 0 fully saturated rings. The summed E-state index contributed by atoms with van der Waals surface area (Å²) in [4.78, 5) is 21.5. The van der Waals surface area contributed by atoms with Crippen molar-refractivity contribution in [1.29, 1.82) is 0 Å². The van der Waals surface area contributed by atoms with Crippen molar-refractivity contribution >= 4 is 12.3 Å². The van der Waals surface area contributed by atoms with Gasteiger partial charge in [-0.3, -0.25) is 4.79 Å². The van der Waals surface area contributed by atoms with Gasteiger partial charge in [-0.15, -0.1) is 0 Å². The molecule has 0 aromatic rings. The maximum Gasteiger partial charge on any atom is 0.305 e. The van der Waals surface area contributed by atoms with E-state index in [0.29, 0.717) is 13.0 Å². The molecule has 4 unspecified atom stereocenters. The van der Waals surface area contributed by atoms with Crippen LogP contribution in [0.5, 0.6) is 0 Å². The molecule has 0 aliphatic heterocycles. The average Bonchev–Trinajstić information content (AvgIpc) is 2.85. The number of rotatable bonds is 22. The van der Waals surface area contributed by atoms with Crippen LogP contribution in [-0.2, 0) is 14.3 Å². The van der Waals surface area contributed by atoms with E-state index >= 15 is 0 Å². The molecule has 0 aliphatic rings. The molecule has 8 nitrogen and oxygen atoms in total. The molecule has 0 spiro atoms. The first-order valence-electron chi connectivity index (χ1n) is 13.3. The fraction of sp³-hybridized carbons (Fsp3) is 0.923. The molecular formula is C26H52O8. The predicted molar refractivity (Wildman–Crippen MR) is 133 cm³/mol. The van der Waals surface area contributed by atoms with E-state index in [1.54, 1.807) is 0 Å². The largest absolute Gasteiger partial charge is 0.466 e. The topological polar surface area (TPSA) is 145 Å². The predicted octanol–water partition coefficient (Wildman–Crippen LogP) is 3.43. The highest BCUT2D eigenvalue weighted by Gasteiger charge is 2.29. The molecular weight excluding hydrogens is 440 g/mol. The van der Waals surface area contributed by atoms with E-state index in [1.165, 1.54) is 83.5 Å². The molecule has 0 bridgehead atoms. The summed E-state index contributed by atoms with van der Waals surface area (Å²) in [5.41, 5.74) is 0. The number of ether oxygens (including phenoxy) is 1. The summed E-state index contributed by atoms with van der Waals surface area (Å²) in [6.07, 6.45) is 12.8. The Morgan fingerprint density at radius 3 is 1.59 bits per heavy atom. The van der Waals surface area contributed by atoms with E-state index in [9.17, 15) is 9.59 Å². The molecule has 204 valence electrons.